The number of nitrogens with zero attached hydrogens (tertiary/aromatic N) is 1. The van der Waals surface area contributed by atoms with Gasteiger partial charge in [0.2, 0.25) is 0 Å². The van der Waals surface area contributed by atoms with Crippen LogP contribution in [0.15, 0.2) is 6.07 Å². The molecule has 0 bridgehead atoms. The van der Waals surface area contributed by atoms with Crippen molar-refractivity contribution >= 4 is 0 Å². The summed E-state index contributed by atoms with van der Waals surface area (Å²) in [7, 11) is 0. The Labute approximate surface area is 72.0 Å². The van der Waals surface area contributed by atoms with Crippen LogP contribution in [0.3, 0.4) is 0 Å². The van der Waals surface area contributed by atoms with E-state index >= 15 is 0 Å². The predicted octanol–water partition coefficient (Wildman–Crippen LogP) is 1.32. The third-order valence-corrected chi connectivity index (χ3v) is 1.46. The maximum Gasteiger partial charge on any atom is 0.284 e. The fourth-order valence-electron chi connectivity index (χ4n) is 0.837. The number of nitrogens with two attached hydrogens (primary N) is 1. The molecule has 72 valence electrons. The molecular formula is C7H7F3N2O. The van der Waals surface area contributed by atoms with E-state index < -0.39 is 23.7 Å². The highest BCUT2D eigenvalue weighted by atomic mass is 19.3. The van der Waals surface area contributed by atoms with Crippen LogP contribution in [0.5, 0.6) is 5.75 Å². The van der Waals surface area contributed by atoms with Gasteiger partial charge in [-0.05, 0) is 0 Å². The highest BCUT2D eigenvalue weighted by Gasteiger charge is 2.17. The fraction of sp³-hybridized carbons (Fsp3) is 0.286. The van der Waals surface area contributed by atoms with E-state index in [2.05, 4.69) is 4.98 Å². The molecule has 0 aliphatic carbocycles. The Morgan fingerprint density at radius 3 is 2.62 bits per heavy atom. The zero-order valence-corrected chi connectivity index (χ0v) is 6.47. The van der Waals surface area contributed by atoms with Gasteiger partial charge < -0.3 is 10.8 Å². The molecule has 0 aromatic carbocycles. The molecule has 0 unspecified atom stereocenters. The first-order valence-electron chi connectivity index (χ1n) is 3.42. The largest absolute Gasteiger partial charge is 0.506 e. The lowest BCUT2D eigenvalue weighted by atomic mass is 10.2. The van der Waals surface area contributed by atoms with Gasteiger partial charge in [0, 0.05) is 12.6 Å². The van der Waals surface area contributed by atoms with Gasteiger partial charge in [-0.25, -0.2) is 18.2 Å². The smallest absolute Gasteiger partial charge is 0.284 e. The van der Waals surface area contributed by atoms with Crippen molar-refractivity contribution in [3.8, 4) is 5.75 Å². The second-order valence-electron chi connectivity index (χ2n) is 2.33. The van der Waals surface area contributed by atoms with E-state index in [4.69, 9.17) is 10.8 Å². The molecule has 0 saturated carbocycles. The lowest BCUT2D eigenvalue weighted by Crippen LogP contribution is -2.05. The fourth-order valence-corrected chi connectivity index (χ4v) is 0.837. The standard InChI is InChI=1S/C7H7F3N2O/c8-3-1-5(13)6(7(9)10)12-4(3)2-11/h1,7,13H,2,11H2. The summed E-state index contributed by atoms with van der Waals surface area (Å²) in [4.78, 5) is 3.19. The molecular weight excluding hydrogens is 185 g/mol. The normalized spacial score (nSPS) is 10.8. The minimum atomic E-state index is -2.94. The van der Waals surface area contributed by atoms with Crippen molar-refractivity contribution in [1.29, 1.82) is 0 Å². The number of rotatable bonds is 2. The average Bonchev–Trinajstić information content (AvgIpc) is 2.03. The SMILES string of the molecule is NCc1nc(C(F)F)c(O)cc1F. The van der Waals surface area contributed by atoms with Gasteiger partial charge in [-0.15, -0.1) is 0 Å². The first-order valence-corrected chi connectivity index (χ1v) is 3.42. The molecule has 3 nitrogen and oxygen atoms in total. The molecule has 1 rings (SSSR count). The van der Waals surface area contributed by atoms with Crippen LogP contribution in [0.4, 0.5) is 13.2 Å². The minimum Gasteiger partial charge on any atom is -0.506 e. The lowest BCUT2D eigenvalue weighted by molar-refractivity contribution is 0.141. The van der Waals surface area contributed by atoms with Crippen molar-refractivity contribution in [2.45, 2.75) is 13.0 Å². The van der Waals surface area contributed by atoms with Gasteiger partial charge in [0.1, 0.15) is 17.3 Å². The van der Waals surface area contributed by atoms with Gasteiger partial charge >= 0.3 is 0 Å². The molecule has 1 heterocycles. The Kier molecular flexibility index (Phi) is 2.72. The Balaban J connectivity index is 3.22. The summed E-state index contributed by atoms with van der Waals surface area (Å²) in [5.74, 6) is -1.74. The van der Waals surface area contributed by atoms with E-state index in [1.165, 1.54) is 0 Å². The average molecular weight is 192 g/mol. The predicted molar refractivity (Wildman–Crippen MR) is 38.7 cm³/mol. The summed E-state index contributed by atoms with van der Waals surface area (Å²) in [5, 5.41) is 8.86. The van der Waals surface area contributed by atoms with E-state index in [1.807, 2.05) is 0 Å². The van der Waals surface area contributed by atoms with Crippen molar-refractivity contribution in [1.82, 2.24) is 4.98 Å². The van der Waals surface area contributed by atoms with Crippen LogP contribution < -0.4 is 5.73 Å². The van der Waals surface area contributed by atoms with Crippen molar-refractivity contribution in [2.24, 2.45) is 5.73 Å². The zero-order valence-electron chi connectivity index (χ0n) is 6.47. The molecule has 6 heteroatoms. The molecule has 0 fully saturated rings. The number of hydrogen-bond acceptors (Lipinski definition) is 3. The van der Waals surface area contributed by atoms with E-state index in [-0.39, 0.29) is 12.2 Å². The summed E-state index contributed by atoms with van der Waals surface area (Å²) >= 11 is 0. The van der Waals surface area contributed by atoms with Crippen LogP contribution in [-0.2, 0) is 6.54 Å². The van der Waals surface area contributed by atoms with Gasteiger partial charge in [-0.1, -0.05) is 0 Å². The Morgan fingerprint density at radius 1 is 1.54 bits per heavy atom. The molecule has 0 aliphatic heterocycles. The third kappa shape index (κ3) is 1.89. The molecule has 0 atom stereocenters. The number of hydrogen-bond donors (Lipinski definition) is 2. The molecule has 0 saturated heterocycles. The monoisotopic (exact) mass is 192 g/mol. The highest BCUT2D eigenvalue weighted by molar-refractivity contribution is 5.29. The van der Waals surface area contributed by atoms with Crippen LogP contribution in [-0.4, -0.2) is 10.1 Å². The van der Waals surface area contributed by atoms with Crippen LogP contribution in [0.25, 0.3) is 0 Å². The van der Waals surface area contributed by atoms with Crippen molar-refractivity contribution in [2.75, 3.05) is 0 Å². The first-order chi connectivity index (χ1) is 6.06. The topological polar surface area (TPSA) is 59.1 Å². The Bertz CT molecular complexity index is 317. The molecule has 3 N–H and O–H groups in total. The van der Waals surface area contributed by atoms with Crippen LogP contribution in [0.2, 0.25) is 0 Å². The second kappa shape index (κ2) is 3.61. The molecule has 13 heavy (non-hydrogen) atoms. The highest BCUT2D eigenvalue weighted by Crippen LogP contribution is 2.27. The van der Waals surface area contributed by atoms with Gasteiger partial charge in [0.25, 0.3) is 6.43 Å². The quantitative estimate of drug-likeness (QED) is 0.742. The molecule has 1 aromatic heterocycles. The maximum absolute atomic E-state index is 12.7. The third-order valence-electron chi connectivity index (χ3n) is 1.46. The molecule has 0 amide bonds. The summed E-state index contributed by atoms with van der Waals surface area (Å²) in [5.41, 5.74) is 3.91. The van der Waals surface area contributed by atoms with Crippen LogP contribution in [0, 0.1) is 5.82 Å². The number of aromatic hydroxyl groups is 1. The van der Waals surface area contributed by atoms with Crippen molar-refractivity contribution in [3.05, 3.63) is 23.3 Å². The van der Waals surface area contributed by atoms with Gasteiger partial charge in [-0.3, -0.25) is 0 Å². The summed E-state index contributed by atoms with van der Waals surface area (Å²) < 4.78 is 36.9. The molecule has 0 radical (unpaired) electrons. The number of aromatic nitrogens is 1. The molecule has 0 aliphatic rings. The van der Waals surface area contributed by atoms with Gasteiger partial charge in [-0.2, -0.15) is 0 Å². The van der Waals surface area contributed by atoms with Crippen molar-refractivity contribution in [3.63, 3.8) is 0 Å². The number of pyridine rings is 1. The van der Waals surface area contributed by atoms with Crippen molar-refractivity contribution < 1.29 is 18.3 Å². The molecule has 0 spiro atoms. The maximum atomic E-state index is 12.7. The van der Waals surface area contributed by atoms with E-state index in [1.54, 1.807) is 0 Å². The van der Waals surface area contributed by atoms with E-state index in [9.17, 15) is 13.2 Å². The first kappa shape index (κ1) is 9.79. The Hall–Kier alpha value is -1.30. The molecule has 1 aromatic rings. The lowest BCUT2D eigenvalue weighted by Gasteiger charge is -2.05. The van der Waals surface area contributed by atoms with E-state index in [0.29, 0.717) is 6.07 Å². The summed E-state index contributed by atoms with van der Waals surface area (Å²) in [6.07, 6.45) is -2.94. The second-order valence-corrected chi connectivity index (χ2v) is 2.33. The van der Waals surface area contributed by atoms with Crippen LogP contribution in [0.1, 0.15) is 17.8 Å². The van der Waals surface area contributed by atoms with E-state index in [0.717, 1.165) is 0 Å². The summed E-state index contributed by atoms with van der Waals surface area (Å²) in [6.45, 7) is -0.286. The van der Waals surface area contributed by atoms with Gasteiger partial charge in [0.15, 0.2) is 0 Å². The number of halogens is 3. The number of alkyl halides is 2. The Morgan fingerprint density at radius 2 is 2.15 bits per heavy atom. The minimum absolute atomic E-state index is 0.284. The van der Waals surface area contributed by atoms with Crippen LogP contribution >= 0.6 is 0 Å². The van der Waals surface area contributed by atoms with Gasteiger partial charge in [0.05, 0.1) is 5.69 Å². The summed E-state index contributed by atoms with van der Waals surface area (Å²) in [6, 6.07) is 0.580. The zero-order chi connectivity index (χ0) is 10.0.